The quantitative estimate of drug-likeness (QED) is 0.647. The van der Waals surface area contributed by atoms with Gasteiger partial charge in [0.1, 0.15) is 0 Å². The van der Waals surface area contributed by atoms with Crippen molar-refractivity contribution in [2.75, 3.05) is 0 Å². The summed E-state index contributed by atoms with van der Waals surface area (Å²) in [5.74, 6) is 0. The molecule has 0 bridgehead atoms. The lowest BCUT2D eigenvalue weighted by molar-refractivity contribution is 0.774. The zero-order valence-electron chi connectivity index (χ0n) is 11.8. The van der Waals surface area contributed by atoms with E-state index in [0.717, 1.165) is 0 Å². The third-order valence-electron chi connectivity index (χ3n) is 3.92. The summed E-state index contributed by atoms with van der Waals surface area (Å²) in [5.41, 5.74) is 5.63. The molecule has 0 aromatic heterocycles. The monoisotopic (exact) mass is 260 g/mol. The minimum Gasteiger partial charge on any atom is -0.0622 e. The third-order valence-corrected chi connectivity index (χ3v) is 3.92. The molecule has 0 unspecified atom stereocenters. The van der Waals surface area contributed by atoms with Crippen molar-refractivity contribution in [1.29, 1.82) is 0 Å². The number of hydrogen-bond donors (Lipinski definition) is 0. The van der Waals surface area contributed by atoms with Gasteiger partial charge in [-0.2, -0.15) is 0 Å². The molecule has 20 heavy (non-hydrogen) atoms. The van der Waals surface area contributed by atoms with E-state index < -0.39 is 0 Å². The van der Waals surface area contributed by atoms with Gasteiger partial charge in [-0.05, 0) is 48.0 Å². The van der Waals surface area contributed by atoms with E-state index in [-0.39, 0.29) is 0 Å². The zero-order chi connectivity index (χ0) is 13.6. The number of benzene rings is 2. The molecule has 100 valence electrons. The van der Waals surface area contributed by atoms with Gasteiger partial charge in [-0.15, -0.1) is 0 Å². The highest BCUT2D eigenvalue weighted by molar-refractivity contribution is 5.73. The smallest absolute Gasteiger partial charge is 0.0225 e. The highest BCUT2D eigenvalue weighted by atomic mass is 14.1. The van der Waals surface area contributed by atoms with E-state index in [9.17, 15) is 0 Å². The standard InChI is InChI=1S/C20H20/c1-3-9-17(10-4-1)19-13-7-8-14-20(16-15-19)18-11-5-2-6-12-18/h1-6,9-12,15-16H,7-8,13-14H2/b19-15+,20-16+. The maximum absolute atomic E-state index is 2.32. The summed E-state index contributed by atoms with van der Waals surface area (Å²) in [4.78, 5) is 0. The van der Waals surface area contributed by atoms with Crippen LogP contribution in [0.4, 0.5) is 0 Å². The molecule has 0 N–H and O–H groups in total. The van der Waals surface area contributed by atoms with E-state index in [2.05, 4.69) is 72.8 Å². The van der Waals surface area contributed by atoms with Gasteiger partial charge >= 0.3 is 0 Å². The van der Waals surface area contributed by atoms with Crippen molar-refractivity contribution in [3.05, 3.63) is 83.9 Å². The maximum atomic E-state index is 2.32. The molecule has 2 aromatic rings. The second-order valence-electron chi connectivity index (χ2n) is 5.32. The second kappa shape index (κ2) is 6.38. The van der Waals surface area contributed by atoms with Gasteiger partial charge in [-0.3, -0.25) is 0 Å². The molecule has 0 heterocycles. The minimum absolute atomic E-state index is 1.18. The highest BCUT2D eigenvalue weighted by Gasteiger charge is 2.06. The molecule has 0 saturated heterocycles. The largest absolute Gasteiger partial charge is 0.0622 e. The van der Waals surface area contributed by atoms with Gasteiger partial charge in [0.15, 0.2) is 0 Å². The van der Waals surface area contributed by atoms with Gasteiger partial charge in [0.25, 0.3) is 0 Å². The Kier molecular flexibility index (Phi) is 4.13. The van der Waals surface area contributed by atoms with Crippen LogP contribution in [-0.2, 0) is 0 Å². The Hall–Kier alpha value is -2.08. The Labute approximate surface area is 121 Å². The first kappa shape index (κ1) is 12.9. The van der Waals surface area contributed by atoms with Crippen LogP contribution in [0, 0.1) is 0 Å². The van der Waals surface area contributed by atoms with Crippen LogP contribution in [0.25, 0.3) is 11.1 Å². The van der Waals surface area contributed by atoms with Crippen LogP contribution < -0.4 is 0 Å². The van der Waals surface area contributed by atoms with Gasteiger partial charge in [0.05, 0.1) is 0 Å². The third kappa shape index (κ3) is 3.08. The van der Waals surface area contributed by atoms with E-state index in [4.69, 9.17) is 0 Å². The fourth-order valence-corrected chi connectivity index (χ4v) is 2.78. The molecule has 0 atom stereocenters. The Morgan fingerprint density at radius 1 is 0.500 bits per heavy atom. The van der Waals surface area contributed by atoms with Crippen LogP contribution in [-0.4, -0.2) is 0 Å². The van der Waals surface area contributed by atoms with Gasteiger partial charge in [-0.1, -0.05) is 72.8 Å². The van der Waals surface area contributed by atoms with Crippen molar-refractivity contribution in [2.45, 2.75) is 25.7 Å². The van der Waals surface area contributed by atoms with Crippen molar-refractivity contribution in [3.63, 3.8) is 0 Å². The number of rotatable bonds is 2. The van der Waals surface area contributed by atoms with Crippen molar-refractivity contribution < 1.29 is 0 Å². The van der Waals surface area contributed by atoms with Crippen LogP contribution in [0.15, 0.2) is 72.8 Å². The SMILES string of the molecule is C1=C(/c2ccccc2)CCCC\C(c2ccccc2)=C/1. The van der Waals surface area contributed by atoms with Crippen LogP contribution in [0.2, 0.25) is 0 Å². The topological polar surface area (TPSA) is 0 Å². The summed E-state index contributed by atoms with van der Waals surface area (Å²) in [6.07, 6.45) is 9.54. The molecule has 1 aliphatic carbocycles. The Balaban J connectivity index is 1.93. The van der Waals surface area contributed by atoms with Gasteiger partial charge in [-0.25, -0.2) is 0 Å². The highest BCUT2D eigenvalue weighted by Crippen LogP contribution is 2.28. The van der Waals surface area contributed by atoms with Crippen LogP contribution in [0.3, 0.4) is 0 Å². The zero-order valence-corrected chi connectivity index (χ0v) is 11.8. The van der Waals surface area contributed by atoms with Gasteiger partial charge in [0, 0.05) is 0 Å². The van der Waals surface area contributed by atoms with Crippen LogP contribution >= 0.6 is 0 Å². The molecule has 0 nitrogen and oxygen atoms in total. The molecule has 0 saturated carbocycles. The summed E-state index contributed by atoms with van der Waals surface area (Å²) >= 11 is 0. The second-order valence-corrected chi connectivity index (χ2v) is 5.32. The Morgan fingerprint density at radius 3 is 1.30 bits per heavy atom. The van der Waals surface area contributed by atoms with Crippen LogP contribution in [0.5, 0.6) is 0 Å². The first-order valence-corrected chi connectivity index (χ1v) is 7.44. The average Bonchev–Trinajstić information content (AvgIpc) is 2.49. The molecule has 0 aliphatic heterocycles. The van der Waals surface area contributed by atoms with Crippen molar-refractivity contribution in [1.82, 2.24) is 0 Å². The van der Waals surface area contributed by atoms with E-state index in [0.29, 0.717) is 0 Å². The summed E-state index contributed by atoms with van der Waals surface area (Å²) in [6.45, 7) is 0. The molecular formula is C20H20. The molecular weight excluding hydrogens is 240 g/mol. The first-order chi connectivity index (χ1) is 9.93. The maximum Gasteiger partial charge on any atom is -0.0225 e. The lowest BCUT2D eigenvalue weighted by atomic mass is 9.92. The lowest BCUT2D eigenvalue weighted by Crippen LogP contribution is -1.91. The van der Waals surface area contributed by atoms with Crippen LogP contribution in [0.1, 0.15) is 36.8 Å². The fraction of sp³-hybridized carbons (Fsp3) is 0.200. The molecule has 0 spiro atoms. The number of allylic oxidation sites excluding steroid dienone is 4. The van der Waals surface area contributed by atoms with Gasteiger partial charge in [0.2, 0.25) is 0 Å². The van der Waals surface area contributed by atoms with E-state index in [1.807, 2.05) is 0 Å². The molecule has 0 fully saturated rings. The lowest BCUT2D eigenvalue weighted by Gasteiger charge is -2.13. The molecule has 3 rings (SSSR count). The summed E-state index contributed by atoms with van der Waals surface area (Å²) in [6, 6.07) is 21.5. The molecule has 0 heteroatoms. The molecule has 0 radical (unpaired) electrons. The molecule has 0 amide bonds. The van der Waals surface area contributed by atoms with Crippen molar-refractivity contribution in [2.24, 2.45) is 0 Å². The van der Waals surface area contributed by atoms with E-state index in [1.54, 1.807) is 0 Å². The Morgan fingerprint density at radius 2 is 0.900 bits per heavy atom. The fourth-order valence-electron chi connectivity index (χ4n) is 2.78. The predicted molar refractivity (Wildman–Crippen MR) is 87.3 cm³/mol. The molecule has 2 aromatic carbocycles. The molecule has 1 aliphatic rings. The van der Waals surface area contributed by atoms with E-state index >= 15 is 0 Å². The van der Waals surface area contributed by atoms with Gasteiger partial charge < -0.3 is 0 Å². The first-order valence-electron chi connectivity index (χ1n) is 7.44. The number of hydrogen-bond acceptors (Lipinski definition) is 0. The predicted octanol–water partition coefficient (Wildman–Crippen LogP) is 5.73. The summed E-state index contributed by atoms with van der Waals surface area (Å²) < 4.78 is 0. The van der Waals surface area contributed by atoms with Crippen molar-refractivity contribution >= 4 is 11.1 Å². The minimum atomic E-state index is 1.18. The normalized spacial score (nSPS) is 21.0. The van der Waals surface area contributed by atoms with Crippen molar-refractivity contribution in [3.8, 4) is 0 Å². The summed E-state index contributed by atoms with van der Waals surface area (Å²) in [5, 5.41) is 0. The average molecular weight is 260 g/mol. The Bertz CT molecular complexity index is 546. The summed E-state index contributed by atoms with van der Waals surface area (Å²) in [7, 11) is 0. The van der Waals surface area contributed by atoms with E-state index in [1.165, 1.54) is 48.0 Å².